The molecule has 1 heterocycles. The van der Waals surface area contributed by atoms with E-state index in [1.165, 1.54) is 0 Å². The van der Waals surface area contributed by atoms with Crippen LogP contribution in [0.4, 0.5) is 13.2 Å². The van der Waals surface area contributed by atoms with Gasteiger partial charge in [0.25, 0.3) is 0 Å². The van der Waals surface area contributed by atoms with E-state index in [0.717, 1.165) is 30.3 Å². The first-order valence-corrected chi connectivity index (χ1v) is 14.7. The van der Waals surface area contributed by atoms with E-state index in [-0.39, 0.29) is 48.8 Å². The van der Waals surface area contributed by atoms with Crippen LogP contribution in [0.5, 0.6) is 11.5 Å². The number of likely N-dealkylation sites (tertiary alicyclic amines) is 1. The van der Waals surface area contributed by atoms with Gasteiger partial charge in [-0.2, -0.15) is 0 Å². The zero-order valence-corrected chi connectivity index (χ0v) is 27.5. The fraction of sp³-hybridized carbons (Fsp3) is 0.441. The number of hydrogen-bond donors (Lipinski definition) is 2. The molecule has 3 aromatic rings. The second-order valence-corrected chi connectivity index (χ2v) is 12.9. The lowest BCUT2D eigenvalue weighted by Gasteiger charge is -2.27. The Labute approximate surface area is 275 Å². The van der Waals surface area contributed by atoms with Gasteiger partial charge in [0.15, 0.2) is 11.6 Å². The highest BCUT2D eigenvalue weighted by Gasteiger charge is 2.55. The summed E-state index contributed by atoms with van der Waals surface area (Å²) in [7, 11) is 0. The Balaban J connectivity index is 0.00000276. The maximum absolute atomic E-state index is 14.0. The predicted octanol–water partition coefficient (Wildman–Crippen LogP) is 6.81. The molecule has 0 bridgehead atoms. The average molecular weight is 670 g/mol. The minimum atomic E-state index is -1.43. The lowest BCUT2D eigenvalue weighted by molar-refractivity contribution is -0.153. The molecule has 1 aliphatic heterocycles. The van der Waals surface area contributed by atoms with E-state index in [4.69, 9.17) is 9.47 Å². The van der Waals surface area contributed by atoms with Crippen molar-refractivity contribution in [2.75, 3.05) is 26.2 Å². The number of aliphatic carboxylic acids is 1. The Hall–Kier alpha value is -2.98. The zero-order chi connectivity index (χ0) is 30.9. The van der Waals surface area contributed by atoms with Crippen LogP contribution in [-0.4, -0.2) is 53.9 Å². The monoisotopic (exact) mass is 668 g/mol. The molecule has 5 rings (SSSR count). The van der Waals surface area contributed by atoms with Crippen molar-refractivity contribution < 1.29 is 32.5 Å². The molecule has 0 radical (unpaired) electrons. The molecule has 3 aromatic carbocycles. The molecule has 2 N–H and O–H groups in total. The molecule has 2 aliphatic rings. The van der Waals surface area contributed by atoms with Crippen molar-refractivity contribution in [1.82, 2.24) is 10.2 Å². The largest absolute Gasteiger partial charge is 0.492 e. The zero-order valence-electron chi connectivity index (χ0n) is 25.8. The summed E-state index contributed by atoms with van der Waals surface area (Å²) in [4.78, 5) is 14.2. The van der Waals surface area contributed by atoms with Crippen LogP contribution in [-0.2, 0) is 23.2 Å². The van der Waals surface area contributed by atoms with Crippen LogP contribution in [0, 0.1) is 29.3 Å². The molecule has 6 nitrogen and oxygen atoms in total. The Morgan fingerprint density at radius 3 is 2.04 bits per heavy atom. The van der Waals surface area contributed by atoms with Crippen molar-refractivity contribution in [3.63, 3.8) is 0 Å². The predicted molar refractivity (Wildman–Crippen MR) is 172 cm³/mol. The molecular weight excluding hydrogens is 628 g/mol. The first-order chi connectivity index (χ1) is 20.3. The van der Waals surface area contributed by atoms with Crippen LogP contribution in [0.2, 0.25) is 0 Å². The summed E-state index contributed by atoms with van der Waals surface area (Å²) in [5, 5.41) is 13.5. The van der Waals surface area contributed by atoms with Crippen molar-refractivity contribution in [2.45, 2.75) is 57.7 Å². The summed E-state index contributed by atoms with van der Waals surface area (Å²) in [5.41, 5.74) is 0.698. The lowest BCUT2D eigenvalue weighted by Crippen LogP contribution is -2.43. The van der Waals surface area contributed by atoms with E-state index in [1.54, 1.807) is 6.92 Å². The Morgan fingerprint density at radius 1 is 0.889 bits per heavy atom. The molecule has 0 aromatic heterocycles. The molecule has 0 amide bonds. The van der Waals surface area contributed by atoms with Crippen LogP contribution in [0.3, 0.4) is 0 Å². The standard InChI is InChI=1S/C34H39F3N2O4.2ClH/c1-33(2,3)23-7-11-25(12-8-23)43-34(4,32(40)41)17-21-5-9-24(10-6-21)42-14-13-38-31-26-19-39(20-27(26)31)18-22-15-29(36)30(37)16-28(22)35;;/h5-12,15-16,26-27,31,38H,13-14,17-20H2,1-4H3,(H,40,41);2*1H/t26-,27?,31+,34-;;/m0../s1. The molecule has 1 saturated carbocycles. The van der Waals surface area contributed by atoms with Gasteiger partial charge in [-0.25, -0.2) is 18.0 Å². The van der Waals surface area contributed by atoms with Crippen LogP contribution in [0.1, 0.15) is 44.4 Å². The molecule has 0 spiro atoms. The minimum Gasteiger partial charge on any atom is -0.492 e. The van der Waals surface area contributed by atoms with Crippen molar-refractivity contribution in [1.29, 1.82) is 0 Å². The van der Waals surface area contributed by atoms with E-state index < -0.39 is 29.0 Å². The van der Waals surface area contributed by atoms with Gasteiger partial charge in [0.2, 0.25) is 5.60 Å². The molecule has 1 saturated heterocycles. The van der Waals surface area contributed by atoms with Crippen molar-refractivity contribution >= 4 is 30.8 Å². The number of fused-ring (bicyclic) bond motifs is 1. The van der Waals surface area contributed by atoms with Gasteiger partial charge < -0.3 is 19.9 Å². The number of piperidine rings is 1. The molecule has 246 valence electrons. The van der Waals surface area contributed by atoms with E-state index in [2.05, 4.69) is 31.0 Å². The fourth-order valence-corrected chi connectivity index (χ4v) is 5.90. The van der Waals surface area contributed by atoms with E-state index >= 15 is 0 Å². The highest BCUT2D eigenvalue weighted by Crippen LogP contribution is 2.45. The third-order valence-electron chi connectivity index (χ3n) is 8.48. The summed E-state index contributed by atoms with van der Waals surface area (Å²) in [6.07, 6.45) is 0.190. The van der Waals surface area contributed by atoms with Gasteiger partial charge in [-0.3, -0.25) is 4.90 Å². The number of carboxylic acid groups (broad SMARTS) is 1. The molecule has 1 aliphatic carbocycles. The normalized spacial score (nSPS) is 20.3. The number of carboxylic acids is 1. The number of hydrogen-bond acceptors (Lipinski definition) is 5. The molecular formula is C34H41Cl2F3N2O4. The summed E-state index contributed by atoms with van der Waals surface area (Å²) in [5.74, 6) is -1.84. The van der Waals surface area contributed by atoms with Gasteiger partial charge in [0.1, 0.15) is 23.9 Å². The van der Waals surface area contributed by atoms with Crippen molar-refractivity contribution in [2.24, 2.45) is 11.8 Å². The van der Waals surface area contributed by atoms with Gasteiger partial charge >= 0.3 is 5.97 Å². The quantitative estimate of drug-likeness (QED) is 0.163. The van der Waals surface area contributed by atoms with Gasteiger partial charge in [0, 0.05) is 50.3 Å². The van der Waals surface area contributed by atoms with Gasteiger partial charge in [-0.05, 0) is 65.6 Å². The maximum atomic E-state index is 14.0. The first-order valence-electron chi connectivity index (χ1n) is 14.7. The summed E-state index contributed by atoms with van der Waals surface area (Å²) >= 11 is 0. The molecule has 4 atom stereocenters. The van der Waals surface area contributed by atoms with Gasteiger partial charge in [-0.15, -0.1) is 24.8 Å². The molecule has 45 heavy (non-hydrogen) atoms. The van der Waals surface area contributed by atoms with Crippen molar-refractivity contribution in [3.05, 3.63) is 94.8 Å². The number of nitrogens with zero attached hydrogens (tertiary/aromatic N) is 1. The second-order valence-electron chi connectivity index (χ2n) is 12.9. The smallest absolute Gasteiger partial charge is 0.348 e. The minimum absolute atomic E-state index is 0. The highest BCUT2D eigenvalue weighted by molar-refractivity contribution is 5.85. The maximum Gasteiger partial charge on any atom is 0.348 e. The fourth-order valence-electron chi connectivity index (χ4n) is 5.90. The van der Waals surface area contributed by atoms with E-state index in [1.807, 2.05) is 48.5 Å². The summed E-state index contributed by atoms with van der Waals surface area (Å²) in [6.45, 7) is 10.9. The average Bonchev–Trinajstić information content (AvgIpc) is 3.39. The van der Waals surface area contributed by atoms with Crippen LogP contribution >= 0.6 is 24.8 Å². The number of rotatable bonds is 12. The van der Waals surface area contributed by atoms with Crippen LogP contribution < -0.4 is 14.8 Å². The number of carbonyl (C=O) groups is 1. The third-order valence-corrected chi connectivity index (χ3v) is 8.48. The van der Waals surface area contributed by atoms with E-state index in [0.29, 0.717) is 48.6 Å². The Bertz CT molecular complexity index is 1440. The summed E-state index contributed by atoms with van der Waals surface area (Å²) < 4.78 is 52.5. The second kappa shape index (κ2) is 14.6. The number of ether oxygens (including phenoxy) is 2. The highest BCUT2D eigenvalue weighted by atomic mass is 35.5. The number of nitrogens with one attached hydrogen (secondary N) is 1. The third kappa shape index (κ3) is 8.85. The number of benzene rings is 3. The summed E-state index contributed by atoms with van der Waals surface area (Å²) in [6, 6.07) is 16.8. The Kier molecular flexibility index (Phi) is 11.9. The SMILES string of the molecule is CC(C)(C)c1ccc(O[C@@](C)(Cc2ccc(OCCN[C@H]3C4CN(Cc5cc(F)c(F)cc5F)C[C@@H]43)cc2)C(=O)O)cc1.Cl.Cl. The van der Waals surface area contributed by atoms with Gasteiger partial charge in [-0.1, -0.05) is 45.0 Å². The lowest BCUT2D eigenvalue weighted by atomic mass is 9.87. The molecule has 11 heteroatoms. The molecule has 2 fully saturated rings. The van der Waals surface area contributed by atoms with Crippen molar-refractivity contribution in [3.8, 4) is 11.5 Å². The van der Waals surface area contributed by atoms with Gasteiger partial charge in [0.05, 0.1) is 0 Å². The van der Waals surface area contributed by atoms with Crippen LogP contribution in [0.25, 0.3) is 0 Å². The van der Waals surface area contributed by atoms with Crippen LogP contribution in [0.15, 0.2) is 60.7 Å². The number of halogens is 5. The van der Waals surface area contributed by atoms with E-state index in [9.17, 15) is 23.1 Å². The topological polar surface area (TPSA) is 71.0 Å². The molecule has 1 unspecified atom stereocenters. The first kappa shape index (κ1) is 36.5. The Morgan fingerprint density at radius 2 is 1.47 bits per heavy atom.